The van der Waals surface area contributed by atoms with Gasteiger partial charge in [0.1, 0.15) is 0 Å². The van der Waals surface area contributed by atoms with Gasteiger partial charge in [-0.25, -0.2) is 0 Å². The number of likely N-dealkylation sites (N-methyl/N-ethyl adjacent to an activating group) is 1. The second-order valence-electron chi connectivity index (χ2n) is 8.16. The normalized spacial score (nSPS) is 21.1. The van der Waals surface area contributed by atoms with Gasteiger partial charge in [-0.05, 0) is 71.2 Å². The molecule has 0 aromatic heterocycles. The molecule has 2 fully saturated rings. The molecule has 0 radical (unpaired) electrons. The fourth-order valence-electron chi connectivity index (χ4n) is 3.75. The van der Waals surface area contributed by atoms with Crippen LogP contribution in [0.2, 0.25) is 0 Å². The zero-order valence-electron chi connectivity index (χ0n) is 17.9. The first-order valence-corrected chi connectivity index (χ1v) is 10.7. The van der Waals surface area contributed by atoms with Crippen molar-refractivity contribution in [3.8, 4) is 0 Å². The lowest BCUT2D eigenvalue weighted by Gasteiger charge is -2.32. The Bertz CT molecular complexity index is 390. The van der Waals surface area contributed by atoms with E-state index in [4.69, 9.17) is 0 Å². The number of likely N-dealkylation sites (tertiary alicyclic amines) is 1. The van der Waals surface area contributed by atoms with E-state index in [1.165, 1.54) is 84.5 Å². The van der Waals surface area contributed by atoms with Gasteiger partial charge in [-0.15, -0.1) is 24.0 Å². The van der Waals surface area contributed by atoms with Crippen LogP contribution < -0.4 is 10.6 Å². The molecule has 6 nitrogen and oxygen atoms in total. The van der Waals surface area contributed by atoms with Crippen LogP contribution in [0.1, 0.15) is 39.0 Å². The van der Waals surface area contributed by atoms with Crippen molar-refractivity contribution in [2.75, 3.05) is 79.5 Å². The minimum absolute atomic E-state index is 0. The fourth-order valence-corrected chi connectivity index (χ4v) is 3.75. The Morgan fingerprint density at radius 1 is 0.852 bits per heavy atom. The van der Waals surface area contributed by atoms with Gasteiger partial charge in [-0.1, -0.05) is 6.92 Å². The van der Waals surface area contributed by atoms with Crippen molar-refractivity contribution in [3.05, 3.63) is 0 Å². The Kier molecular flexibility index (Phi) is 13.7. The monoisotopic (exact) mass is 494 g/mol. The minimum Gasteiger partial charge on any atom is -0.356 e. The van der Waals surface area contributed by atoms with Crippen LogP contribution in [0.4, 0.5) is 0 Å². The third kappa shape index (κ3) is 10.9. The smallest absolute Gasteiger partial charge is 0.190 e. The van der Waals surface area contributed by atoms with Gasteiger partial charge < -0.3 is 25.3 Å². The Balaban J connectivity index is 0.00000364. The second kappa shape index (κ2) is 14.8. The van der Waals surface area contributed by atoms with Crippen molar-refractivity contribution in [3.63, 3.8) is 0 Å². The molecule has 0 amide bonds. The van der Waals surface area contributed by atoms with Crippen molar-refractivity contribution < 1.29 is 0 Å². The van der Waals surface area contributed by atoms with Gasteiger partial charge in [0.25, 0.3) is 0 Å². The van der Waals surface area contributed by atoms with Crippen molar-refractivity contribution in [2.45, 2.75) is 39.0 Å². The van der Waals surface area contributed by atoms with Crippen LogP contribution in [0.15, 0.2) is 4.99 Å². The maximum Gasteiger partial charge on any atom is 0.190 e. The molecular formula is C20H43IN6. The molecule has 0 unspecified atom stereocenters. The Hall–Kier alpha value is -0.120. The Morgan fingerprint density at radius 3 is 2.04 bits per heavy atom. The first-order chi connectivity index (χ1) is 12.7. The van der Waals surface area contributed by atoms with Crippen LogP contribution in [0.3, 0.4) is 0 Å². The number of nitrogens with one attached hydrogen (secondary N) is 2. The van der Waals surface area contributed by atoms with Gasteiger partial charge in [0.2, 0.25) is 0 Å². The first-order valence-electron chi connectivity index (χ1n) is 10.7. The summed E-state index contributed by atoms with van der Waals surface area (Å²) in [5.74, 6) is 1.88. The highest BCUT2D eigenvalue weighted by molar-refractivity contribution is 14.0. The first kappa shape index (κ1) is 24.9. The molecule has 27 heavy (non-hydrogen) atoms. The van der Waals surface area contributed by atoms with Crippen molar-refractivity contribution in [1.29, 1.82) is 0 Å². The van der Waals surface area contributed by atoms with Crippen LogP contribution in [0.25, 0.3) is 0 Å². The number of hydrogen-bond acceptors (Lipinski definition) is 4. The molecule has 2 heterocycles. The van der Waals surface area contributed by atoms with Gasteiger partial charge in [0, 0.05) is 46.3 Å². The summed E-state index contributed by atoms with van der Waals surface area (Å²) in [4.78, 5) is 12.0. The zero-order valence-corrected chi connectivity index (χ0v) is 20.2. The number of unbranched alkanes of at least 4 members (excludes halogenated alkanes) is 1. The van der Waals surface area contributed by atoms with Crippen LogP contribution in [-0.2, 0) is 0 Å². The van der Waals surface area contributed by atoms with E-state index in [0.717, 1.165) is 25.0 Å². The maximum absolute atomic E-state index is 4.34. The lowest BCUT2D eigenvalue weighted by atomic mass is 9.99. The molecule has 0 aliphatic carbocycles. The van der Waals surface area contributed by atoms with E-state index in [0.29, 0.717) is 0 Å². The quantitative estimate of drug-likeness (QED) is 0.222. The summed E-state index contributed by atoms with van der Waals surface area (Å²) in [6.07, 6.45) is 6.40. The van der Waals surface area contributed by atoms with Gasteiger partial charge in [-0.2, -0.15) is 0 Å². The molecule has 0 saturated carbocycles. The number of piperidine rings is 1. The minimum atomic E-state index is 0. The summed E-state index contributed by atoms with van der Waals surface area (Å²) in [7, 11) is 4.08. The molecular weight excluding hydrogens is 451 g/mol. The summed E-state index contributed by atoms with van der Waals surface area (Å²) in [5.41, 5.74) is 0. The van der Waals surface area contributed by atoms with Crippen LogP contribution in [0.5, 0.6) is 0 Å². The highest BCUT2D eigenvalue weighted by atomic mass is 127. The average Bonchev–Trinajstić information content (AvgIpc) is 2.66. The standard InChI is InChI=1S/C20H42N6.HI/c1-19-7-13-25(14-8-19)12-6-10-23-20(21-2)22-9-4-5-11-26-17-15-24(3)16-18-26;/h19H,4-18H2,1-3H3,(H2,21,22,23);1H. The summed E-state index contributed by atoms with van der Waals surface area (Å²) in [6, 6.07) is 0. The number of guanidine groups is 1. The topological polar surface area (TPSA) is 46.1 Å². The molecule has 2 N–H and O–H groups in total. The van der Waals surface area contributed by atoms with E-state index in [9.17, 15) is 0 Å². The number of piperazine rings is 1. The van der Waals surface area contributed by atoms with Crippen molar-refractivity contribution in [1.82, 2.24) is 25.3 Å². The number of halogens is 1. The third-order valence-electron chi connectivity index (χ3n) is 5.83. The van der Waals surface area contributed by atoms with Crippen molar-refractivity contribution in [2.24, 2.45) is 10.9 Å². The predicted molar refractivity (Wildman–Crippen MR) is 127 cm³/mol. The lowest BCUT2D eigenvalue weighted by Crippen LogP contribution is -2.44. The third-order valence-corrected chi connectivity index (χ3v) is 5.83. The molecule has 0 spiro atoms. The molecule has 2 aliphatic rings. The SMILES string of the molecule is CN=C(NCCCCN1CCN(C)CC1)NCCCN1CCC(C)CC1.I. The lowest BCUT2D eigenvalue weighted by molar-refractivity contribution is 0.152. The number of hydrogen-bond donors (Lipinski definition) is 2. The summed E-state index contributed by atoms with van der Waals surface area (Å²) >= 11 is 0. The highest BCUT2D eigenvalue weighted by Gasteiger charge is 2.15. The number of rotatable bonds is 9. The second-order valence-corrected chi connectivity index (χ2v) is 8.16. The van der Waals surface area contributed by atoms with E-state index in [1.54, 1.807) is 0 Å². The summed E-state index contributed by atoms with van der Waals surface area (Å²) < 4.78 is 0. The summed E-state index contributed by atoms with van der Waals surface area (Å²) in [6.45, 7) is 14.3. The van der Waals surface area contributed by atoms with Gasteiger partial charge in [-0.3, -0.25) is 4.99 Å². The molecule has 0 bridgehead atoms. The fraction of sp³-hybridized carbons (Fsp3) is 0.950. The van der Waals surface area contributed by atoms with E-state index in [1.807, 2.05) is 7.05 Å². The molecule has 0 aromatic carbocycles. The molecule has 2 saturated heterocycles. The van der Waals surface area contributed by atoms with Crippen LogP contribution in [0, 0.1) is 5.92 Å². The van der Waals surface area contributed by atoms with Crippen molar-refractivity contribution >= 4 is 29.9 Å². The van der Waals surface area contributed by atoms with Gasteiger partial charge in [0.15, 0.2) is 5.96 Å². The predicted octanol–water partition coefficient (Wildman–Crippen LogP) is 1.92. The molecule has 160 valence electrons. The molecule has 2 rings (SSSR count). The van der Waals surface area contributed by atoms with Gasteiger partial charge >= 0.3 is 0 Å². The molecule has 0 atom stereocenters. The number of nitrogens with zero attached hydrogens (tertiary/aromatic N) is 4. The summed E-state index contributed by atoms with van der Waals surface area (Å²) in [5, 5.41) is 6.92. The van der Waals surface area contributed by atoms with Crippen LogP contribution >= 0.6 is 24.0 Å². The largest absolute Gasteiger partial charge is 0.356 e. The highest BCUT2D eigenvalue weighted by Crippen LogP contribution is 2.15. The average molecular weight is 495 g/mol. The molecule has 2 aliphatic heterocycles. The molecule has 0 aromatic rings. The van der Waals surface area contributed by atoms with Gasteiger partial charge in [0.05, 0.1) is 0 Å². The van der Waals surface area contributed by atoms with E-state index in [2.05, 4.69) is 44.3 Å². The maximum atomic E-state index is 4.34. The number of aliphatic imine (C=N–C) groups is 1. The van der Waals surface area contributed by atoms with E-state index < -0.39 is 0 Å². The van der Waals surface area contributed by atoms with E-state index in [-0.39, 0.29) is 24.0 Å². The molecule has 7 heteroatoms. The van der Waals surface area contributed by atoms with Crippen LogP contribution in [-0.4, -0.2) is 100 Å². The van der Waals surface area contributed by atoms with E-state index >= 15 is 0 Å². The zero-order chi connectivity index (χ0) is 18.6. The Labute approximate surface area is 184 Å². The Morgan fingerprint density at radius 2 is 1.41 bits per heavy atom.